The van der Waals surface area contributed by atoms with Gasteiger partial charge in [0.2, 0.25) is 0 Å². The number of methoxy groups -OCH3 is 1. The van der Waals surface area contributed by atoms with Crippen molar-refractivity contribution in [3.8, 4) is 22.7 Å². The van der Waals surface area contributed by atoms with E-state index in [0.717, 1.165) is 17.7 Å². The third kappa shape index (κ3) is 4.86. The fraction of sp³-hybridized carbons (Fsp3) is 0.261. The van der Waals surface area contributed by atoms with Crippen molar-refractivity contribution < 1.29 is 19.1 Å². The average Bonchev–Trinajstić information content (AvgIpc) is 3.23. The van der Waals surface area contributed by atoms with Gasteiger partial charge in [0.1, 0.15) is 17.0 Å². The van der Waals surface area contributed by atoms with Crippen LogP contribution in [0.5, 0.6) is 5.75 Å². The first-order chi connectivity index (χ1) is 14.5. The first kappa shape index (κ1) is 21.1. The first-order valence-electron chi connectivity index (χ1n) is 9.81. The molecule has 0 saturated heterocycles. The fourth-order valence-electron chi connectivity index (χ4n) is 2.87. The quantitative estimate of drug-likeness (QED) is 0.577. The molecule has 3 rings (SSSR count). The van der Waals surface area contributed by atoms with E-state index in [9.17, 15) is 9.59 Å². The Morgan fingerprint density at radius 2 is 1.80 bits per heavy atom. The number of para-hydroxylation sites is 1. The predicted octanol–water partition coefficient (Wildman–Crippen LogP) is 3.62. The number of aromatic nitrogens is 2. The molecule has 1 N–H and O–H groups in total. The molecule has 0 spiro atoms. The number of hydrogen-bond donors (Lipinski definition) is 1. The van der Waals surface area contributed by atoms with Gasteiger partial charge < -0.3 is 14.8 Å². The van der Waals surface area contributed by atoms with Gasteiger partial charge in [-0.25, -0.2) is 9.48 Å². The van der Waals surface area contributed by atoms with Crippen LogP contribution in [0.25, 0.3) is 16.9 Å². The van der Waals surface area contributed by atoms with Crippen LogP contribution < -0.4 is 10.1 Å². The summed E-state index contributed by atoms with van der Waals surface area (Å²) in [6.45, 7) is 4.04. The van der Waals surface area contributed by atoms with Crippen LogP contribution in [0, 0.1) is 0 Å². The number of nitrogens with zero attached hydrogens (tertiary/aromatic N) is 2. The summed E-state index contributed by atoms with van der Waals surface area (Å²) in [6, 6.07) is 16.7. The van der Waals surface area contributed by atoms with E-state index in [-0.39, 0.29) is 11.5 Å². The molecule has 0 aliphatic rings. The molecule has 7 heteroatoms. The van der Waals surface area contributed by atoms with E-state index < -0.39 is 12.1 Å². The highest BCUT2D eigenvalue weighted by Gasteiger charge is 2.24. The second-order valence-corrected chi connectivity index (χ2v) is 6.74. The van der Waals surface area contributed by atoms with Gasteiger partial charge in [-0.3, -0.25) is 4.79 Å². The van der Waals surface area contributed by atoms with E-state index in [0.29, 0.717) is 18.0 Å². The van der Waals surface area contributed by atoms with Crippen molar-refractivity contribution in [1.29, 1.82) is 0 Å². The Labute approximate surface area is 175 Å². The van der Waals surface area contributed by atoms with Crippen molar-refractivity contribution in [1.82, 2.24) is 15.1 Å². The zero-order valence-electron chi connectivity index (χ0n) is 17.3. The van der Waals surface area contributed by atoms with Gasteiger partial charge >= 0.3 is 5.97 Å². The Bertz CT molecular complexity index is 997. The third-order valence-corrected chi connectivity index (χ3v) is 4.52. The Kier molecular flexibility index (Phi) is 6.85. The van der Waals surface area contributed by atoms with Gasteiger partial charge in [0.25, 0.3) is 5.91 Å². The van der Waals surface area contributed by atoms with Crippen molar-refractivity contribution in [2.24, 2.45) is 0 Å². The second-order valence-electron chi connectivity index (χ2n) is 6.74. The maximum absolute atomic E-state index is 12.9. The molecule has 7 nitrogen and oxygen atoms in total. The highest BCUT2D eigenvalue weighted by atomic mass is 16.5. The second kappa shape index (κ2) is 9.73. The summed E-state index contributed by atoms with van der Waals surface area (Å²) in [5.41, 5.74) is 2.28. The summed E-state index contributed by atoms with van der Waals surface area (Å²) < 4.78 is 12.3. The lowest BCUT2D eigenvalue weighted by molar-refractivity contribution is -0.129. The molecule has 1 atom stereocenters. The van der Waals surface area contributed by atoms with Crippen LogP contribution >= 0.6 is 0 Å². The van der Waals surface area contributed by atoms with Gasteiger partial charge in [0.05, 0.1) is 12.8 Å². The number of amides is 1. The maximum atomic E-state index is 12.9. The van der Waals surface area contributed by atoms with E-state index in [1.165, 1.54) is 0 Å². The summed E-state index contributed by atoms with van der Waals surface area (Å²) in [5, 5.41) is 7.33. The number of nitrogens with one attached hydrogen (secondary N) is 1. The molecule has 1 heterocycles. The molecule has 1 amide bonds. The Morgan fingerprint density at radius 1 is 1.10 bits per heavy atom. The van der Waals surface area contributed by atoms with Crippen LogP contribution in [0.3, 0.4) is 0 Å². The van der Waals surface area contributed by atoms with Crippen LogP contribution in [0.1, 0.15) is 30.6 Å². The minimum Gasteiger partial charge on any atom is -0.497 e. The topological polar surface area (TPSA) is 82.5 Å². The molecule has 3 aromatic rings. The fourth-order valence-corrected chi connectivity index (χ4v) is 2.87. The summed E-state index contributed by atoms with van der Waals surface area (Å²) in [6.07, 6.45) is 1.51. The minimum atomic E-state index is -0.909. The molecular weight excluding hydrogens is 382 g/mol. The molecule has 0 radical (unpaired) electrons. The third-order valence-electron chi connectivity index (χ3n) is 4.52. The molecule has 1 unspecified atom stereocenters. The van der Waals surface area contributed by atoms with Crippen LogP contribution in [-0.2, 0) is 9.53 Å². The lowest BCUT2D eigenvalue weighted by atomic mass is 10.1. The van der Waals surface area contributed by atoms with Crippen molar-refractivity contribution in [3.05, 3.63) is 66.4 Å². The van der Waals surface area contributed by atoms with E-state index >= 15 is 0 Å². The number of benzene rings is 2. The predicted molar refractivity (Wildman–Crippen MR) is 114 cm³/mol. The SMILES string of the molecule is CCCNC(=O)C(C)OC(=O)c1cn(-c2ccccc2)nc1-c1ccc(OC)cc1. The van der Waals surface area contributed by atoms with Crippen LogP contribution in [-0.4, -0.2) is 41.4 Å². The molecule has 1 aromatic heterocycles. The number of ether oxygens (including phenoxy) is 2. The van der Waals surface area contributed by atoms with Crippen LogP contribution in [0.15, 0.2) is 60.8 Å². The molecule has 156 valence electrons. The number of carbonyl (C=O) groups is 2. The number of carbonyl (C=O) groups excluding carboxylic acids is 2. The summed E-state index contributed by atoms with van der Waals surface area (Å²) >= 11 is 0. The average molecular weight is 407 g/mol. The normalized spacial score (nSPS) is 11.6. The van der Waals surface area contributed by atoms with Crippen molar-refractivity contribution >= 4 is 11.9 Å². The monoisotopic (exact) mass is 407 g/mol. The maximum Gasteiger partial charge on any atom is 0.342 e. The van der Waals surface area contributed by atoms with E-state index in [2.05, 4.69) is 10.4 Å². The lowest BCUT2D eigenvalue weighted by Gasteiger charge is -2.13. The van der Waals surface area contributed by atoms with Gasteiger partial charge in [0, 0.05) is 18.3 Å². The Morgan fingerprint density at radius 3 is 2.43 bits per heavy atom. The van der Waals surface area contributed by atoms with Crippen molar-refractivity contribution in [2.75, 3.05) is 13.7 Å². The number of rotatable bonds is 8. The highest BCUT2D eigenvalue weighted by Crippen LogP contribution is 2.26. The zero-order chi connectivity index (χ0) is 21.5. The van der Waals surface area contributed by atoms with Gasteiger partial charge in [-0.2, -0.15) is 5.10 Å². The highest BCUT2D eigenvalue weighted by molar-refractivity contribution is 5.97. The standard InChI is InChI=1S/C23H25N3O4/c1-4-14-24-22(27)16(2)30-23(28)20-15-26(18-8-6-5-7-9-18)25-21(20)17-10-12-19(29-3)13-11-17/h5-13,15-16H,4,14H2,1-3H3,(H,24,27). The molecule has 0 bridgehead atoms. The van der Waals surface area contributed by atoms with Crippen molar-refractivity contribution in [3.63, 3.8) is 0 Å². The summed E-state index contributed by atoms with van der Waals surface area (Å²) in [5.74, 6) is -0.236. The molecule has 0 aliphatic carbocycles. The van der Waals surface area contributed by atoms with Gasteiger partial charge in [-0.15, -0.1) is 0 Å². The van der Waals surface area contributed by atoms with Gasteiger partial charge in [-0.05, 0) is 49.7 Å². The molecular formula is C23H25N3O4. The zero-order valence-corrected chi connectivity index (χ0v) is 17.3. The summed E-state index contributed by atoms with van der Waals surface area (Å²) in [4.78, 5) is 25.0. The first-order valence-corrected chi connectivity index (χ1v) is 9.81. The van der Waals surface area contributed by atoms with Crippen molar-refractivity contribution in [2.45, 2.75) is 26.4 Å². The minimum absolute atomic E-state index is 0.277. The molecule has 30 heavy (non-hydrogen) atoms. The molecule has 0 aliphatic heterocycles. The number of esters is 1. The molecule has 0 fully saturated rings. The van der Waals surface area contributed by atoms with Gasteiger partial charge in [-0.1, -0.05) is 25.1 Å². The van der Waals surface area contributed by atoms with E-state index in [1.807, 2.05) is 49.4 Å². The molecule has 0 saturated carbocycles. The van der Waals surface area contributed by atoms with E-state index in [4.69, 9.17) is 9.47 Å². The van der Waals surface area contributed by atoms with E-state index in [1.54, 1.807) is 37.0 Å². The summed E-state index contributed by atoms with van der Waals surface area (Å²) in [7, 11) is 1.59. The Hall–Kier alpha value is -3.61. The lowest BCUT2D eigenvalue weighted by Crippen LogP contribution is -2.36. The van der Waals surface area contributed by atoms with Gasteiger partial charge in [0.15, 0.2) is 6.10 Å². The molecule has 2 aromatic carbocycles. The largest absolute Gasteiger partial charge is 0.497 e. The smallest absolute Gasteiger partial charge is 0.342 e. The Balaban J connectivity index is 1.93. The van der Waals surface area contributed by atoms with Crippen LogP contribution in [0.2, 0.25) is 0 Å². The van der Waals surface area contributed by atoms with Crippen LogP contribution in [0.4, 0.5) is 0 Å². The number of hydrogen-bond acceptors (Lipinski definition) is 5.